The van der Waals surface area contributed by atoms with Crippen molar-refractivity contribution in [1.29, 1.82) is 0 Å². The van der Waals surface area contributed by atoms with Crippen LogP contribution in [0.5, 0.6) is 0 Å². The predicted molar refractivity (Wildman–Crippen MR) is 71.3 cm³/mol. The number of ether oxygens (including phenoxy) is 1. The van der Waals surface area contributed by atoms with E-state index in [0.717, 1.165) is 25.0 Å². The third-order valence-electron chi connectivity index (χ3n) is 3.73. The number of hydrogen-bond acceptors (Lipinski definition) is 5. The van der Waals surface area contributed by atoms with Gasteiger partial charge in [-0.15, -0.1) is 5.10 Å². The molecule has 0 bridgehead atoms. The summed E-state index contributed by atoms with van der Waals surface area (Å²) in [6.07, 6.45) is 1.71. The Balaban J connectivity index is 2.09. The third-order valence-corrected chi connectivity index (χ3v) is 3.73. The van der Waals surface area contributed by atoms with Gasteiger partial charge in [0, 0.05) is 23.9 Å². The maximum atomic E-state index is 13.5. The highest BCUT2D eigenvalue weighted by molar-refractivity contribution is 5.71. The molecule has 1 unspecified atom stereocenters. The maximum absolute atomic E-state index is 13.5. The number of nitrogens with two attached hydrogens (primary N) is 1. The highest BCUT2D eigenvalue weighted by Crippen LogP contribution is 2.32. The summed E-state index contributed by atoms with van der Waals surface area (Å²) >= 11 is 0. The van der Waals surface area contributed by atoms with Crippen molar-refractivity contribution in [3.05, 3.63) is 23.8 Å². The molecule has 6 nitrogen and oxygen atoms in total. The highest BCUT2D eigenvalue weighted by Gasteiger charge is 2.34. The van der Waals surface area contributed by atoms with Gasteiger partial charge in [0.2, 0.25) is 0 Å². The number of aromatic nitrogens is 4. The number of halogens is 2. The lowest BCUT2D eigenvalue weighted by Gasteiger charge is -2.33. The fraction of sp³-hybridized carbons (Fsp3) is 0.462. The van der Waals surface area contributed by atoms with Crippen LogP contribution in [-0.4, -0.2) is 33.4 Å². The molecule has 0 spiro atoms. The number of rotatable bonds is 2. The van der Waals surface area contributed by atoms with Gasteiger partial charge in [0.25, 0.3) is 0 Å². The second kappa shape index (κ2) is 5.03. The van der Waals surface area contributed by atoms with Crippen LogP contribution in [0.25, 0.3) is 11.4 Å². The quantitative estimate of drug-likeness (QED) is 0.854. The van der Waals surface area contributed by atoms with Gasteiger partial charge in [-0.1, -0.05) is 0 Å². The Morgan fingerprint density at radius 1 is 1.33 bits per heavy atom. The molecule has 1 aromatic heterocycles. The van der Waals surface area contributed by atoms with Crippen LogP contribution < -0.4 is 5.73 Å². The van der Waals surface area contributed by atoms with Crippen molar-refractivity contribution < 1.29 is 13.5 Å². The largest absolute Gasteiger partial charge is 0.398 e. The number of nitrogens with zero attached hydrogens (tertiary/aromatic N) is 4. The number of tetrazole rings is 1. The van der Waals surface area contributed by atoms with Crippen molar-refractivity contribution in [2.45, 2.75) is 25.3 Å². The minimum Gasteiger partial charge on any atom is -0.398 e. The Hall–Kier alpha value is -2.09. The molecular formula is C13H15F2N5O. The lowest BCUT2D eigenvalue weighted by molar-refractivity contribution is 0.00348. The average Bonchev–Trinajstić information content (AvgIpc) is 2.93. The Bertz CT molecular complexity index is 667. The summed E-state index contributed by atoms with van der Waals surface area (Å²) in [6, 6.07) is 1.95. The smallest absolute Gasteiger partial charge is 0.184 e. The van der Waals surface area contributed by atoms with E-state index >= 15 is 0 Å². The zero-order valence-electron chi connectivity index (χ0n) is 11.5. The molecular weight excluding hydrogens is 280 g/mol. The second-order valence-electron chi connectivity index (χ2n) is 5.42. The molecule has 1 saturated heterocycles. The molecule has 3 rings (SSSR count). The van der Waals surface area contributed by atoms with Gasteiger partial charge >= 0.3 is 0 Å². The van der Waals surface area contributed by atoms with Crippen LogP contribution in [0.3, 0.4) is 0 Å². The van der Waals surface area contributed by atoms with E-state index < -0.39 is 17.2 Å². The minimum atomic E-state index is -0.998. The van der Waals surface area contributed by atoms with Gasteiger partial charge in [-0.05, 0) is 36.3 Å². The molecule has 0 saturated carbocycles. The van der Waals surface area contributed by atoms with Crippen molar-refractivity contribution in [3.63, 3.8) is 0 Å². The summed E-state index contributed by atoms with van der Waals surface area (Å²) in [4.78, 5) is 0. The molecule has 21 heavy (non-hydrogen) atoms. The Labute approximate surface area is 119 Å². The molecule has 0 radical (unpaired) electrons. The normalized spacial score (nSPS) is 22.4. The lowest BCUT2D eigenvalue weighted by atomic mass is 9.94. The van der Waals surface area contributed by atoms with E-state index in [9.17, 15) is 8.78 Å². The van der Waals surface area contributed by atoms with Gasteiger partial charge in [-0.25, -0.2) is 13.5 Å². The van der Waals surface area contributed by atoms with Gasteiger partial charge in [0.1, 0.15) is 0 Å². The number of anilines is 1. The molecule has 0 aliphatic carbocycles. The fourth-order valence-corrected chi connectivity index (χ4v) is 2.56. The summed E-state index contributed by atoms with van der Waals surface area (Å²) in [5.41, 5.74) is 5.70. The standard InChI is InChI=1S/C13H15F2N5O/c1-13(3-2-4-21-7-13)20-12(17-18-19-20)8-5-9(14)10(15)6-11(8)16/h5-6H,2-4,7,16H2,1H3. The fourth-order valence-electron chi connectivity index (χ4n) is 2.56. The van der Waals surface area contributed by atoms with Crippen molar-refractivity contribution in [1.82, 2.24) is 20.2 Å². The van der Waals surface area contributed by atoms with Gasteiger partial charge in [0.15, 0.2) is 17.5 Å². The van der Waals surface area contributed by atoms with E-state index in [4.69, 9.17) is 10.5 Å². The van der Waals surface area contributed by atoms with E-state index in [1.165, 1.54) is 0 Å². The Morgan fingerprint density at radius 2 is 2.10 bits per heavy atom. The van der Waals surface area contributed by atoms with Crippen molar-refractivity contribution in [2.75, 3.05) is 18.9 Å². The van der Waals surface area contributed by atoms with Gasteiger partial charge in [0.05, 0.1) is 12.1 Å². The molecule has 1 atom stereocenters. The molecule has 8 heteroatoms. The molecule has 1 aliphatic heterocycles. The Kier molecular flexibility index (Phi) is 3.32. The summed E-state index contributed by atoms with van der Waals surface area (Å²) < 4.78 is 33.8. The first-order valence-electron chi connectivity index (χ1n) is 6.63. The Morgan fingerprint density at radius 3 is 2.81 bits per heavy atom. The van der Waals surface area contributed by atoms with Crippen LogP contribution in [0.2, 0.25) is 0 Å². The van der Waals surface area contributed by atoms with Crippen molar-refractivity contribution >= 4 is 5.69 Å². The SMILES string of the molecule is CC1(n2nnnc2-c2cc(F)c(F)cc2N)CCCOC1. The molecule has 2 aromatic rings. The molecule has 2 N–H and O–H groups in total. The summed E-state index contributed by atoms with van der Waals surface area (Å²) in [7, 11) is 0. The predicted octanol–water partition coefficient (Wildman–Crippen LogP) is 1.73. The minimum absolute atomic E-state index is 0.0882. The molecule has 1 fully saturated rings. The topological polar surface area (TPSA) is 78.9 Å². The van der Waals surface area contributed by atoms with E-state index in [0.29, 0.717) is 19.0 Å². The van der Waals surface area contributed by atoms with Crippen LogP contribution in [0, 0.1) is 11.6 Å². The second-order valence-corrected chi connectivity index (χ2v) is 5.42. The monoisotopic (exact) mass is 295 g/mol. The van der Waals surface area contributed by atoms with Crippen LogP contribution in [0.4, 0.5) is 14.5 Å². The summed E-state index contributed by atoms with van der Waals surface area (Å²) in [6.45, 7) is 3.11. The number of hydrogen-bond donors (Lipinski definition) is 1. The third kappa shape index (κ3) is 2.35. The molecule has 1 aliphatic rings. The molecule has 2 heterocycles. The zero-order chi connectivity index (χ0) is 15.0. The van der Waals surface area contributed by atoms with E-state index in [-0.39, 0.29) is 11.3 Å². The number of benzene rings is 1. The van der Waals surface area contributed by atoms with Crippen molar-refractivity contribution in [3.8, 4) is 11.4 Å². The van der Waals surface area contributed by atoms with Crippen LogP contribution in [0.1, 0.15) is 19.8 Å². The average molecular weight is 295 g/mol. The van der Waals surface area contributed by atoms with E-state index in [1.54, 1.807) is 4.68 Å². The maximum Gasteiger partial charge on any atom is 0.184 e. The molecule has 1 aromatic carbocycles. The zero-order valence-corrected chi connectivity index (χ0v) is 11.5. The van der Waals surface area contributed by atoms with Gasteiger partial charge in [-0.3, -0.25) is 0 Å². The molecule has 112 valence electrons. The highest BCUT2D eigenvalue weighted by atomic mass is 19.2. The number of nitrogen functional groups attached to an aromatic ring is 1. The van der Waals surface area contributed by atoms with E-state index in [1.807, 2.05) is 6.92 Å². The first-order chi connectivity index (χ1) is 10.0. The molecule has 0 amide bonds. The van der Waals surface area contributed by atoms with Gasteiger partial charge < -0.3 is 10.5 Å². The van der Waals surface area contributed by atoms with Crippen LogP contribution in [-0.2, 0) is 10.3 Å². The summed E-state index contributed by atoms with van der Waals surface area (Å²) in [5, 5.41) is 11.5. The van der Waals surface area contributed by atoms with E-state index in [2.05, 4.69) is 15.5 Å². The van der Waals surface area contributed by atoms with Gasteiger partial charge in [-0.2, -0.15) is 0 Å². The van der Waals surface area contributed by atoms with Crippen molar-refractivity contribution in [2.24, 2.45) is 0 Å². The summed E-state index contributed by atoms with van der Waals surface area (Å²) in [5.74, 6) is -1.68. The first-order valence-corrected chi connectivity index (χ1v) is 6.63. The lowest BCUT2D eigenvalue weighted by Crippen LogP contribution is -2.40. The van der Waals surface area contributed by atoms with Crippen LogP contribution >= 0.6 is 0 Å². The van der Waals surface area contributed by atoms with Crippen LogP contribution in [0.15, 0.2) is 12.1 Å². The first kappa shape index (κ1) is 13.9.